The summed E-state index contributed by atoms with van der Waals surface area (Å²) in [4.78, 5) is 13.8. The number of carbonyl (C=O) groups is 1. The highest BCUT2D eigenvalue weighted by Gasteiger charge is 2.42. The fourth-order valence-corrected chi connectivity index (χ4v) is 2.53. The van der Waals surface area contributed by atoms with E-state index < -0.39 is 5.79 Å². The zero-order chi connectivity index (χ0) is 13.1. The molecule has 0 N–H and O–H groups in total. The van der Waals surface area contributed by atoms with Crippen molar-refractivity contribution in [1.82, 2.24) is 4.90 Å². The molecule has 19 heavy (non-hydrogen) atoms. The highest BCUT2D eigenvalue weighted by Crippen LogP contribution is 2.30. The van der Waals surface area contributed by atoms with Crippen LogP contribution in [0.25, 0.3) is 0 Å². The van der Waals surface area contributed by atoms with E-state index in [4.69, 9.17) is 14.2 Å². The number of ether oxygens (including phenoxy) is 3. The summed E-state index contributed by atoms with van der Waals surface area (Å²) in [6.45, 7) is 2.32. The Kier molecular flexibility index (Phi) is 3.40. The van der Waals surface area contributed by atoms with Gasteiger partial charge >= 0.3 is 6.09 Å². The van der Waals surface area contributed by atoms with Gasteiger partial charge in [-0.2, -0.15) is 0 Å². The molecule has 0 bridgehead atoms. The van der Waals surface area contributed by atoms with Crippen LogP contribution in [-0.4, -0.2) is 43.1 Å². The molecule has 2 fully saturated rings. The van der Waals surface area contributed by atoms with E-state index in [0.717, 1.165) is 12.8 Å². The zero-order valence-electron chi connectivity index (χ0n) is 10.7. The second-order valence-corrected chi connectivity index (χ2v) is 4.81. The lowest BCUT2D eigenvalue weighted by Crippen LogP contribution is -2.51. The van der Waals surface area contributed by atoms with Crippen molar-refractivity contribution >= 4 is 6.09 Å². The fraction of sp³-hybridized carbons (Fsp3) is 0.500. The van der Waals surface area contributed by atoms with E-state index in [1.54, 1.807) is 17.0 Å². The highest BCUT2D eigenvalue weighted by molar-refractivity contribution is 5.70. The van der Waals surface area contributed by atoms with E-state index in [1.165, 1.54) is 0 Å². The number of nitrogens with zero attached hydrogens (tertiary/aromatic N) is 1. The monoisotopic (exact) mass is 263 g/mol. The van der Waals surface area contributed by atoms with Crippen LogP contribution in [0.15, 0.2) is 30.3 Å². The second-order valence-electron chi connectivity index (χ2n) is 4.81. The maximum Gasteiger partial charge on any atom is 0.415 e. The highest BCUT2D eigenvalue weighted by atomic mass is 16.7. The van der Waals surface area contributed by atoms with Gasteiger partial charge in [-0.25, -0.2) is 4.79 Å². The normalized spacial score (nSPS) is 21.6. The summed E-state index contributed by atoms with van der Waals surface area (Å²) in [7, 11) is 0. The first-order chi connectivity index (χ1) is 9.27. The molecule has 3 rings (SSSR count). The van der Waals surface area contributed by atoms with Crippen molar-refractivity contribution < 1.29 is 19.0 Å². The van der Waals surface area contributed by atoms with Gasteiger partial charge in [0.15, 0.2) is 5.79 Å². The van der Waals surface area contributed by atoms with Crippen LogP contribution >= 0.6 is 0 Å². The summed E-state index contributed by atoms with van der Waals surface area (Å²) >= 11 is 0. The number of para-hydroxylation sites is 1. The van der Waals surface area contributed by atoms with Crippen LogP contribution in [0, 0.1) is 0 Å². The Hall–Kier alpha value is -1.59. The van der Waals surface area contributed by atoms with Crippen molar-refractivity contribution in [3.63, 3.8) is 0 Å². The maximum absolute atomic E-state index is 12.1. The molecule has 0 atom stereocenters. The molecule has 2 heterocycles. The third-order valence-corrected chi connectivity index (χ3v) is 3.44. The zero-order valence-corrected chi connectivity index (χ0v) is 10.7. The predicted octanol–water partition coefficient (Wildman–Crippen LogP) is 2.02. The molecule has 1 aromatic rings. The second kappa shape index (κ2) is 5.19. The molecule has 0 aliphatic carbocycles. The number of hydrogen-bond acceptors (Lipinski definition) is 4. The summed E-state index contributed by atoms with van der Waals surface area (Å²) in [6, 6.07) is 9.08. The summed E-state index contributed by atoms with van der Waals surface area (Å²) < 4.78 is 16.6. The van der Waals surface area contributed by atoms with Crippen molar-refractivity contribution in [1.29, 1.82) is 0 Å². The molecule has 102 valence electrons. The summed E-state index contributed by atoms with van der Waals surface area (Å²) in [5, 5.41) is 0. The molecular formula is C14H17NO4. The molecule has 2 saturated heterocycles. The molecule has 0 radical (unpaired) electrons. The van der Waals surface area contributed by atoms with Crippen LogP contribution in [0.5, 0.6) is 5.75 Å². The van der Waals surface area contributed by atoms with Gasteiger partial charge in [-0.1, -0.05) is 18.2 Å². The van der Waals surface area contributed by atoms with Crippen LogP contribution in [0.2, 0.25) is 0 Å². The number of amides is 1. The van der Waals surface area contributed by atoms with Gasteiger partial charge < -0.3 is 19.1 Å². The molecule has 2 aliphatic rings. The van der Waals surface area contributed by atoms with E-state index >= 15 is 0 Å². The number of likely N-dealkylation sites (tertiary alicyclic amines) is 1. The van der Waals surface area contributed by atoms with Gasteiger partial charge in [0, 0.05) is 13.0 Å². The SMILES string of the molecule is O=C(Oc1ccccc1)N1CCCC2(C1)OCCO2. The molecule has 5 heteroatoms. The van der Waals surface area contributed by atoms with Crippen LogP contribution in [0.1, 0.15) is 12.8 Å². The van der Waals surface area contributed by atoms with Gasteiger partial charge in [0.1, 0.15) is 5.75 Å². The van der Waals surface area contributed by atoms with E-state index in [9.17, 15) is 4.79 Å². The topological polar surface area (TPSA) is 48.0 Å². The molecule has 1 aromatic carbocycles. The van der Waals surface area contributed by atoms with Crippen LogP contribution in [0.4, 0.5) is 4.79 Å². The van der Waals surface area contributed by atoms with Gasteiger partial charge in [-0.3, -0.25) is 0 Å². The van der Waals surface area contributed by atoms with E-state index in [0.29, 0.717) is 32.1 Å². The molecular weight excluding hydrogens is 246 g/mol. The van der Waals surface area contributed by atoms with Crippen molar-refractivity contribution in [2.75, 3.05) is 26.3 Å². The average molecular weight is 263 g/mol. The summed E-state index contributed by atoms with van der Waals surface area (Å²) in [5.74, 6) is -0.0473. The minimum Gasteiger partial charge on any atom is -0.410 e. The lowest BCUT2D eigenvalue weighted by Gasteiger charge is -2.37. The molecule has 0 aromatic heterocycles. The fourth-order valence-electron chi connectivity index (χ4n) is 2.53. The third kappa shape index (κ3) is 2.72. The van der Waals surface area contributed by atoms with Crippen molar-refractivity contribution in [3.8, 4) is 5.75 Å². The third-order valence-electron chi connectivity index (χ3n) is 3.44. The van der Waals surface area contributed by atoms with Crippen molar-refractivity contribution in [3.05, 3.63) is 30.3 Å². The molecule has 0 unspecified atom stereocenters. The minimum atomic E-state index is -0.603. The Bertz CT molecular complexity index is 442. The Morgan fingerprint density at radius 1 is 1.21 bits per heavy atom. The summed E-state index contributed by atoms with van der Waals surface area (Å²) in [6.07, 6.45) is 1.36. The lowest BCUT2D eigenvalue weighted by atomic mass is 10.1. The van der Waals surface area contributed by atoms with Gasteiger partial charge in [-0.05, 0) is 18.6 Å². The first-order valence-corrected chi connectivity index (χ1v) is 6.57. The van der Waals surface area contributed by atoms with E-state index in [-0.39, 0.29) is 6.09 Å². The number of rotatable bonds is 1. The molecule has 1 amide bonds. The molecule has 0 saturated carbocycles. The first-order valence-electron chi connectivity index (χ1n) is 6.57. The number of piperidine rings is 1. The van der Waals surface area contributed by atoms with Crippen LogP contribution in [0.3, 0.4) is 0 Å². The average Bonchev–Trinajstić information content (AvgIpc) is 2.88. The van der Waals surface area contributed by atoms with Crippen LogP contribution < -0.4 is 4.74 Å². The number of hydrogen-bond donors (Lipinski definition) is 0. The minimum absolute atomic E-state index is 0.343. The lowest BCUT2D eigenvalue weighted by molar-refractivity contribution is -0.184. The van der Waals surface area contributed by atoms with Gasteiger partial charge in [0.2, 0.25) is 0 Å². The Balaban J connectivity index is 1.63. The van der Waals surface area contributed by atoms with Crippen molar-refractivity contribution in [2.24, 2.45) is 0 Å². The largest absolute Gasteiger partial charge is 0.415 e. The van der Waals surface area contributed by atoms with Crippen LogP contribution in [-0.2, 0) is 9.47 Å². The van der Waals surface area contributed by atoms with Gasteiger partial charge in [-0.15, -0.1) is 0 Å². The smallest absolute Gasteiger partial charge is 0.410 e. The quantitative estimate of drug-likeness (QED) is 0.777. The van der Waals surface area contributed by atoms with Crippen molar-refractivity contribution in [2.45, 2.75) is 18.6 Å². The van der Waals surface area contributed by atoms with Gasteiger partial charge in [0.05, 0.1) is 19.8 Å². The number of benzene rings is 1. The molecule has 1 spiro atoms. The van der Waals surface area contributed by atoms with E-state index in [2.05, 4.69) is 0 Å². The first kappa shape index (κ1) is 12.4. The molecule has 2 aliphatic heterocycles. The Morgan fingerprint density at radius 2 is 1.95 bits per heavy atom. The number of carbonyl (C=O) groups excluding carboxylic acids is 1. The Labute approximate surface area is 112 Å². The summed E-state index contributed by atoms with van der Waals surface area (Å²) in [5.41, 5.74) is 0. The van der Waals surface area contributed by atoms with E-state index in [1.807, 2.05) is 18.2 Å². The predicted molar refractivity (Wildman–Crippen MR) is 67.9 cm³/mol. The standard InChI is InChI=1S/C14H17NO4/c16-13(19-12-5-2-1-3-6-12)15-8-4-7-14(11-15)17-9-10-18-14/h1-3,5-6H,4,7-11H2. The van der Waals surface area contributed by atoms with Gasteiger partial charge in [0.25, 0.3) is 0 Å². The maximum atomic E-state index is 12.1. The Morgan fingerprint density at radius 3 is 2.68 bits per heavy atom. The molecule has 5 nitrogen and oxygen atoms in total.